The normalized spacial score (nSPS) is 10.4. The first-order valence-corrected chi connectivity index (χ1v) is 9.33. The summed E-state index contributed by atoms with van der Waals surface area (Å²) in [5.74, 6) is 0.654. The van der Waals surface area contributed by atoms with Gasteiger partial charge in [0.2, 0.25) is 0 Å². The van der Waals surface area contributed by atoms with Crippen LogP contribution in [0.15, 0.2) is 60.9 Å². The predicted octanol–water partition coefficient (Wildman–Crippen LogP) is 4.83. The summed E-state index contributed by atoms with van der Waals surface area (Å²) in [5.41, 5.74) is 5.36. The number of methoxy groups -OCH3 is 1. The van der Waals surface area contributed by atoms with E-state index in [1.807, 2.05) is 55.5 Å². The molecule has 0 unspecified atom stereocenters. The summed E-state index contributed by atoms with van der Waals surface area (Å²) in [6.07, 6.45) is 4.14. The summed E-state index contributed by atoms with van der Waals surface area (Å²) in [6, 6.07) is 15.7. The second-order valence-electron chi connectivity index (χ2n) is 6.54. The molecule has 0 aliphatic carbocycles. The van der Waals surface area contributed by atoms with E-state index >= 15 is 0 Å². The van der Waals surface area contributed by atoms with Gasteiger partial charge in [-0.3, -0.25) is 9.78 Å². The molecule has 0 spiro atoms. The van der Waals surface area contributed by atoms with Crippen LogP contribution in [0.2, 0.25) is 0 Å². The van der Waals surface area contributed by atoms with Crippen LogP contribution in [-0.2, 0) is 13.0 Å². The summed E-state index contributed by atoms with van der Waals surface area (Å²) < 4.78 is 5.38. The number of carbonyl (C=O) groups excluding carboxylic acids is 1. The van der Waals surface area contributed by atoms with Gasteiger partial charge in [-0.15, -0.1) is 0 Å². The van der Waals surface area contributed by atoms with Crippen molar-refractivity contribution in [3.05, 3.63) is 83.2 Å². The first-order valence-electron chi connectivity index (χ1n) is 9.33. The van der Waals surface area contributed by atoms with Gasteiger partial charge in [-0.1, -0.05) is 43.3 Å². The molecular weight excluding hydrogens is 350 g/mol. The highest BCUT2D eigenvalue weighted by atomic mass is 16.5. The molecule has 5 nitrogen and oxygen atoms in total. The second kappa shape index (κ2) is 9.04. The Morgan fingerprint density at radius 3 is 2.64 bits per heavy atom. The highest BCUT2D eigenvalue weighted by Gasteiger charge is 2.12. The summed E-state index contributed by atoms with van der Waals surface area (Å²) in [4.78, 5) is 17.0. The fraction of sp³-hybridized carbons (Fsp3) is 0.217. The largest absolute Gasteiger partial charge is 0.496 e. The molecule has 0 fully saturated rings. The van der Waals surface area contributed by atoms with E-state index in [0.29, 0.717) is 12.1 Å². The molecule has 2 N–H and O–H groups in total. The number of amides is 1. The van der Waals surface area contributed by atoms with Gasteiger partial charge in [0.15, 0.2) is 0 Å². The van der Waals surface area contributed by atoms with Crippen LogP contribution in [0.25, 0.3) is 0 Å². The van der Waals surface area contributed by atoms with E-state index in [1.54, 1.807) is 19.5 Å². The minimum absolute atomic E-state index is 0.169. The van der Waals surface area contributed by atoms with Crippen molar-refractivity contribution in [3.8, 4) is 5.75 Å². The number of nitrogens with zero attached hydrogens (tertiary/aromatic N) is 1. The topological polar surface area (TPSA) is 63.2 Å². The number of carbonyl (C=O) groups is 1. The van der Waals surface area contributed by atoms with Crippen LogP contribution in [0.1, 0.15) is 34.0 Å². The predicted molar refractivity (Wildman–Crippen MR) is 113 cm³/mol. The van der Waals surface area contributed by atoms with Gasteiger partial charge in [0.1, 0.15) is 5.75 Å². The standard InChI is InChI=1S/C23H25N3O2/c1-4-17-10-7-8-16(2)22(17)26-23(27)19-12-20(15-24-13-19)25-14-18-9-5-6-11-21(18)28-3/h5-13,15,25H,4,14H2,1-3H3,(H,26,27). The third kappa shape index (κ3) is 4.49. The fourth-order valence-corrected chi connectivity index (χ4v) is 3.09. The molecule has 5 heteroatoms. The molecule has 0 aliphatic heterocycles. The lowest BCUT2D eigenvalue weighted by Crippen LogP contribution is -2.15. The van der Waals surface area contributed by atoms with Crippen LogP contribution in [0.5, 0.6) is 5.75 Å². The summed E-state index contributed by atoms with van der Waals surface area (Å²) in [5, 5.41) is 6.34. The number of anilines is 2. The quantitative estimate of drug-likeness (QED) is 0.621. The van der Waals surface area contributed by atoms with Crippen molar-refractivity contribution < 1.29 is 9.53 Å². The molecule has 2 aromatic carbocycles. The molecule has 1 heterocycles. The molecule has 28 heavy (non-hydrogen) atoms. The number of hydrogen-bond acceptors (Lipinski definition) is 4. The van der Waals surface area contributed by atoms with Crippen molar-refractivity contribution in [2.75, 3.05) is 17.7 Å². The first kappa shape index (κ1) is 19.4. The third-order valence-corrected chi connectivity index (χ3v) is 4.65. The van der Waals surface area contributed by atoms with E-state index in [9.17, 15) is 4.79 Å². The number of aromatic nitrogens is 1. The number of pyridine rings is 1. The second-order valence-corrected chi connectivity index (χ2v) is 6.54. The Morgan fingerprint density at radius 2 is 1.86 bits per heavy atom. The molecule has 0 bridgehead atoms. The monoisotopic (exact) mass is 375 g/mol. The van der Waals surface area contributed by atoms with Crippen molar-refractivity contribution >= 4 is 17.3 Å². The van der Waals surface area contributed by atoms with Gasteiger partial charge >= 0.3 is 0 Å². The Kier molecular flexibility index (Phi) is 6.27. The molecular formula is C23H25N3O2. The van der Waals surface area contributed by atoms with Gasteiger partial charge in [-0.05, 0) is 36.6 Å². The number of hydrogen-bond donors (Lipinski definition) is 2. The van der Waals surface area contributed by atoms with Gasteiger partial charge in [0.25, 0.3) is 5.91 Å². The van der Waals surface area contributed by atoms with Gasteiger partial charge < -0.3 is 15.4 Å². The van der Waals surface area contributed by atoms with Crippen LogP contribution in [0.4, 0.5) is 11.4 Å². The average Bonchev–Trinajstić information content (AvgIpc) is 2.74. The van der Waals surface area contributed by atoms with Gasteiger partial charge in [0.05, 0.1) is 18.4 Å². The van der Waals surface area contributed by atoms with Crippen LogP contribution in [-0.4, -0.2) is 18.0 Å². The minimum atomic E-state index is -0.169. The molecule has 1 amide bonds. The maximum Gasteiger partial charge on any atom is 0.257 e. The lowest BCUT2D eigenvalue weighted by atomic mass is 10.1. The van der Waals surface area contributed by atoms with Gasteiger partial charge in [0, 0.05) is 30.2 Å². The van der Waals surface area contributed by atoms with E-state index in [0.717, 1.165) is 40.2 Å². The van der Waals surface area contributed by atoms with Crippen molar-refractivity contribution in [1.82, 2.24) is 4.98 Å². The van der Waals surface area contributed by atoms with Gasteiger partial charge in [-0.25, -0.2) is 0 Å². The molecule has 3 aromatic rings. The molecule has 0 radical (unpaired) electrons. The molecule has 0 atom stereocenters. The zero-order chi connectivity index (χ0) is 19.9. The summed E-state index contributed by atoms with van der Waals surface area (Å²) in [7, 11) is 1.65. The molecule has 0 aliphatic rings. The van der Waals surface area contributed by atoms with Gasteiger partial charge in [-0.2, -0.15) is 0 Å². The summed E-state index contributed by atoms with van der Waals surface area (Å²) >= 11 is 0. The van der Waals surface area contributed by atoms with E-state index in [4.69, 9.17) is 4.74 Å². The molecule has 1 aromatic heterocycles. The molecule has 3 rings (SSSR count). The van der Waals surface area contributed by atoms with E-state index in [2.05, 4.69) is 22.5 Å². The number of para-hydroxylation sites is 2. The lowest BCUT2D eigenvalue weighted by Gasteiger charge is -2.14. The van der Waals surface area contributed by atoms with Crippen molar-refractivity contribution in [2.45, 2.75) is 26.8 Å². The molecule has 0 saturated heterocycles. The van der Waals surface area contributed by atoms with E-state index < -0.39 is 0 Å². The molecule has 144 valence electrons. The highest BCUT2D eigenvalue weighted by Crippen LogP contribution is 2.23. The number of nitrogens with one attached hydrogen (secondary N) is 2. The Morgan fingerprint density at radius 1 is 1.07 bits per heavy atom. The number of benzene rings is 2. The zero-order valence-electron chi connectivity index (χ0n) is 16.5. The van der Waals surface area contributed by atoms with Crippen LogP contribution >= 0.6 is 0 Å². The molecule has 0 saturated carbocycles. The Balaban J connectivity index is 1.73. The minimum Gasteiger partial charge on any atom is -0.496 e. The number of aryl methyl sites for hydroxylation is 2. The smallest absolute Gasteiger partial charge is 0.257 e. The Bertz CT molecular complexity index is 970. The zero-order valence-corrected chi connectivity index (χ0v) is 16.5. The first-order chi connectivity index (χ1) is 13.6. The fourth-order valence-electron chi connectivity index (χ4n) is 3.09. The lowest BCUT2D eigenvalue weighted by molar-refractivity contribution is 0.102. The third-order valence-electron chi connectivity index (χ3n) is 4.65. The Hall–Kier alpha value is -3.34. The highest BCUT2D eigenvalue weighted by molar-refractivity contribution is 6.05. The maximum atomic E-state index is 12.8. The van der Waals surface area contributed by atoms with E-state index in [-0.39, 0.29) is 5.91 Å². The van der Waals surface area contributed by atoms with Crippen molar-refractivity contribution in [2.24, 2.45) is 0 Å². The summed E-state index contributed by atoms with van der Waals surface area (Å²) in [6.45, 7) is 4.65. The van der Waals surface area contributed by atoms with Crippen LogP contribution in [0.3, 0.4) is 0 Å². The SMILES string of the molecule is CCc1cccc(C)c1NC(=O)c1cncc(NCc2ccccc2OC)c1. The maximum absolute atomic E-state index is 12.8. The van der Waals surface area contributed by atoms with Crippen molar-refractivity contribution in [3.63, 3.8) is 0 Å². The Labute approximate surface area is 165 Å². The van der Waals surface area contributed by atoms with Crippen LogP contribution < -0.4 is 15.4 Å². The number of rotatable bonds is 7. The number of ether oxygens (including phenoxy) is 1. The average molecular weight is 375 g/mol. The van der Waals surface area contributed by atoms with Crippen LogP contribution in [0, 0.1) is 6.92 Å². The van der Waals surface area contributed by atoms with E-state index in [1.165, 1.54) is 0 Å². The van der Waals surface area contributed by atoms with Crippen molar-refractivity contribution in [1.29, 1.82) is 0 Å².